The van der Waals surface area contributed by atoms with Crippen molar-refractivity contribution in [1.29, 1.82) is 0 Å². The van der Waals surface area contributed by atoms with Gasteiger partial charge in [0.15, 0.2) is 0 Å². The number of aromatic nitrogens is 1. The average molecular weight is 364 g/mol. The second-order valence-corrected chi connectivity index (χ2v) is 7.53. The molecular weight excluding hydrogens is 340 g/mol. The van der Waals surface area contributed by atoms with Crippen LogP contribution in [0, 0.1) is 17.8 Å². The highest BCUT2D eigenvalue weighted by Gasteiger charge is 2.41. The van der Waals surface area contributed by atoms with E-state index in [1.54, 1.807) is 6.20 Å². The molecule has 4 rings (SSSR count). The number of nitrogens with zero attached hydrogens (tertiary/aromatic N) is 1. The van der Waals surface area contributed by atoms with Crippen LogP contribution in [0.5, 0.6) is 11.6 Å². The van der Waals surface area contributed by atoms with E-state index < -0.39 is 0 Å². The zero-order chi connectivity index (χ0) is 18.6. The summed E-state index contributed by atoms with van der Waals surface area (Å²) >= 11 is 0. The van der Waals surface area contributed by atoms with Gasteiger partial charge in [0.1, 0.15) is 11.5 Å². The second kappa shape index (κ2) is 7.91. The molecule has 5 nitrogen and oxygen atoms in total. The molecule has 0 spiro atoms. The number of para-hydroxylation sites is 1. The van der Waals surface area contributed by atoms with Crippen molar-refractivity contribution >= 4 is 11.7 Å². The molecule has 2 saturated carbocycles. The first-order valence-corrected chi connectivity index (χ1v) is 9.68. The van der Waals surface area contributed by atoms with Gasteiger partial charge in [-0.3, -0.25) is 9.59 Å². The van der Waals surface area contributed by atoms with E-state index in [4.69, 9.17) is 4.74 Å². The van der Waals surface area contributed by atoms with E-state index >= 15 is 0 Å². The summed E-state index contributed by atoms with van der Waals surface area (Å²) < 4.78 is 5.74. The number of Topliss-reactive ketones (excluding diaryl/α,β-unsaturated/α-hetero) is 1. The first-order chi connectivity index (χ1) is 13.2. The Labute approximate surface area is 159 Å². The van der Waals surface area contributed by atoms with E-state index in [9.17, 15) is 9.59 Å². The largest absolute Gasteiger partial charge is 0.439 e. The van der Waals surface area contributed by atoms with Crippen molar-refractivity contribution in [2.24, 2.45) is 17.8 Å². The lowest BCUT2D eigenvalue weighted by molar-refractivity contribution is -0.137. The van der Waals surface area contributed by atoms with E-state index in [1.165, 1.54) is 0 Å². The van der Waals surface area contributed by atoms with E-state index in [0.717, 1.165) is 30.6 Å². The van der Waals surface area contributed by atoms with Crippen molar-refractivity contribution < 1.29 is 14.3 Å². The van der Waals surface area contributed by atoms with Crippen LogP contribution in [0.25, 0.3) is 0 Å². The summed E-state index contributed by atoms with van der Waals surface area (Å²) in [5, 5.41) is 3.03. The predicted molar refractivity (Wildman–Crippen MR) is 101 cm³/mol. The van der Waals surface area contributed by atoms with Gasteiger partial charge in [-0.25, -0.2) is 4.98 Å². The molecule has 1 heterocycles. The third-order valence-corrected chi connectivity index (χ3v) is 5.65. The number of pyridine rings is 1. The van der Waals surface area contributed by atoms with Gasteiger partial charge >= 0.3 is 0 Å². The van der Waals surface area contributed by atoms with Crippen LogP contribution in [-0.2, 0) is 16.1 Å². The fourth-order valence-corrected chi connectivity index (χ4v) is 4.25. The molecule has 2 aromatic rings. The quantitative estimate of drug-likeness (QED) is 0.874. The summed E-state index contributed by atoms with van der Waals surface area (Å²) in [6, 6.07) is 13.2. The standard InChI is InChI=1S/C22H24N2O3/c25-21-16-5-4-6-17(21)13-18(12-16)22(26)24-14-15-9-10-23-20(11-15)27-19-7-2-1-3-8-19/h1-3,7-11,16-18H,4-6,12-14H2,(H,24,26)/t16-,17+,18?. The van der Waals surface area contributed by atoms with Gasteiger partial charge in [0.2, 0.25) is 11.8 Å². The Hall–Kier alpha value is -2.69. The maximum absolute atomic E-state index is 12.6. The lowest BCUT2D eigenvalue weighted by atomic mass is 9.67. The molecule has 1 amide bonds. The number of carbonyl (C=O) groups excluding carboxylic acids is 2. The number of carbonyl (C=O) groups is 2. The molecule has 0 aliphatic heterocycles. The van der Waals surface area contributed by atoms with Crippen LogP contribution in [-0.4, -0.2) is 16.7 Å². The SMILES string of the molecule is O=C(NCc1ccnc(Oc2ccccc2)c1)C1C[C@H]2CCC[C@@H](C1)C2=O. The van der Waals surface area contributed by atoms with Crippen molar-refractivity contribution in [1.82, 2.24) is 10.3 Å². The van der Waals surface area contributed by atoms with Gasteiger partial charge in [0.25, 0.3) is 0 Å². The highest BCUT2D eigenvalue weighted by atomic mass is 16.5. The number of hydrogen-bond acceptors (Lipinski definition) is 4. The van der Waals surface area contributed by atoms with E-state index in [2.05, 4.69) is 10.3 Å². The lowest BCUT2D eigenvalue weighted by Crippen LogP contribution is -2.42. The Morgan fingerprint density at radius 1 is 1.11 bits per heavy atom. The Balaban J connectivity index is 1.34. The van der Waals surface area contributed by atoms with Crippen molar-refractivity contribution in [2.75, 3.05) is 0 Å². The third kappa shape index (κ3) is 4.18. The Morgan fingerprint density at radius 2 is 1.85 bits per heavy atom. The van der Waals surface area contributed by atoms with Gasteiger partial charge in [-0.1, -0.05) is 24.6 Å². The van der Waals surface area contributed by atoms with Crippen molar-refractivity contribution in [3.05, 3.63) is 54.2 Å². The molecule has 1 N–H and O–H groups in total. The Morgan fingerprint density at radius 3 is 2.59 bits per heavy atom. The number of ketones is 1. The van der Waals surface area contributed by atoms with E-state index in [-0.39, 0.29) is 23.7 Å². The number of nitrogens with one attached hydrogen (secondary N) is 1. The fraction of sp³-hybridized carbons (Fsp3) is 0.409. The highest BCUT2D eigenvalue weighted by molar-refractivity contribution is 5.88. The molecule has 1 aromatic carbocycles. The van der Waals surface area contributed by atoms with Gasteiger partial charge in [-0.05, 0) is 49.4 Å². The smallest absolute Gasteiger partial charge is 0.223 e. The second-order valence-electron chi connectivity index (χ2n) is 7.53. The molecule has 2 fully saturated rings. The molecule has 0 saturated heterocycles. The summed E-state index contributed by atoms with van der Waals surface area (Å²) in [6.45, 7) is 0.437. The van der Waals surface area contributed by atoms with Crippen LogP contribution in [0.1, 0.15) is 37.7 Å². The zero-order valence-electron chi connectivity index (χ0n) is 15.3. The topological polar surface area (TPSA) is 68.3 Å². The molecule has 2 aliphatic carbocycles. The number of ether oxygens (including phenoxy) is 1. The number of hydrogen-bond donors (Lipinski definition) is 1. The number of benzene rings is 1. The fourth-order valence-electron chi connectivity index (χ4n) is 4.25. The van der Waals surface area contributed by atoms with E-state index in [0.29, 0.717) is 31.0 Å². The zero-order valence-corrected chi connectivity index (χ0v) is 15.3. The molecule has 0 radical (unpaired) electrons. The average Bonchev–Trinajstić information content (AvgIpc) is 2.67. The summed E-state index contributed by atoms with van der Waals surface area (Å²) in [5.74, 6) is 1.83. The monoisotopic (exact) mass is 364 g/mol. The van der Waals surface area contributed by atoms with Crippen LogP contribution in [0.4, 0.5) is 0 Å². The number of amides is 1. The summed E-state index contributed by atoms with van der Waals surface area (Å²) in [4.78, 5) is 29.0. The molecule has 2 bridgehead atoms. The van der Waals surface area contributed by atoms with Gasteiger partial charge in [0, 0.05) is 36.6 Å². The maximum Gasteiger partial charge on any atom is 0.223 e. The molecule has 140 valence electrons. The van der Waals surface area contributed by atoms with Crippen LogP contribution in [0.2, 0.25) is 0 Å². The van der Waals surface area contributed by atoms with Gasteiger partial charge < -0.3 is 10.1 Å². The molecular formula is C22H24N2O3. The molecule has 5 heteroatoms. The minimum Gasteiger partial charge on any atom is -0.439 e. The van der Waals surface area contributed by atoms with Gasteiger partial charge in [-0.15, -0.1) is 0 Å². The molecule has 1 aromatic heterocycles. The number of rotatable bonds is 5. The first kappa shape index (κ1) is 17.7. The normalized spacial score (nSPS) is 24.3. The lowest BCUT2D eigenvalue weighted by Gasteiger charge is -2.36. The van der Waals surface area contributed by atoms with E-state index in [1.807, 2.05) is 42.5 Å². The number of fused-ring (bicyclic) bond motifs is 2. The third-order valence-electron chi connectivity index (χ3n) is 5.65. The summed E-state index contributed by atoms with van der Waals surface area (Å²) in [6.07, 6.45) is 6.12. The molecule has 2 aliphatic rings. The van der Waals surface area contributed by atoms with Crippen LogP contribution >= 0.6 is 0 Å². The minimum atomic E-state index is -0.0418. The van der Waals surface area contributed by atoms with Crippen molar-refractivity contribution in [2.45, 2.75) is 38.6 Å². The minimum absolute atomic E-state index is 0.0418. The van der Waals surface area contributed by atoms with Gasteiger partial charge in [-0.2, -0.15) is 0 Å². The highest BCUT2D eigenvalue weighted by Crippen LogP contribution is 2.40. The summed E-state index contributed by atoms with van der Waals surface area (Å²) in [5.41, 5.74) is 0.941. The predicted octanol–water partition coefficient (Wildman–Crippen LogP) is 3.89. The molecule has 1 unspecified atom stereocenters. The van der Waals surface area contributed by atoms with Crippen LogP contribution in [0.15, 0.2) is 48.7 Å². The van der Waals surface area contributed by atoms with Crippen molar-refractivity contribution in [3.63, 3.8) is 0 Å². The first-order valence-electron chi connectivity index (χ1n) is 9.68. The Bertz CT molecular complexity index is 805. The van der Waals surface area contributed by atoms with Crippen molar-refractivity contribution in [3.8, 4) is 11.6 Å². The molecule has 27 heavy (non-hydrogen) atoms. The Kier molecular flexibility index (Phi) is 5.19. The van der Waals surface area contributed by atoms with Gasteiger partial charge in [0.05, 0.1) is 0 Å². The maximum atomic E-state index is 12.6. The van der Waals surface area contributed by atoms with Crippen LogP contribution < -0.4 is 10.1 Å². The summed E-state index contributed by atoms with van der Waals surface area (Å²) in [7, 11) is 0. The van der Waals surface area contributed by atoms with Crippen LogP contribution in [0.3, 0.4) is 0 Å². The molecule has 3 atom stereocenters.